The Labute approximate surface area is 69.3 Å². The number of carbonyl (C=O) groups is 1. The van der Waals surface area contributed by atoms with Gasteiger partial charge < -0.3 is 0 Å². The van der Waals surface area contributed by atoms with Gasteiger partial charge in [-0.15, -0.1) is 11.3 Å². The molecule has 1 aromatic heterocycles. The maximum absolute atomic E-state index is 11.4. The molecule has 0 bridgehead atoms. The first kappa shape index (κ1) is 6.98. The molecule has 0 spiro atoms. The molecule has 0 aromatic carbocycles. The Morgan fingerprint density at radius 1 is 1.73 bits per heavy atom. The molecule has 1 aliphatic carbocycles. The molecule has 0 radical (unpaired) electrons. The van der Waals surface area contributed by atoms with E-state index in [-0.39, 0.29) is 5.78 Å². The highest BCUT2D eigenvalue weighted by Gasteiger charge is 2.31. The summed E-state index contributed by atoms with van der Waals surface area (Å²) in [4.78, 5) is 15.5. The van der Waals surface area contributed by atoms with Crippen LogP contribution >= 0.6 is 11.3 Å². The predicted octanol–water partition coefficient (Wildman–Crippen LogP) is 2.04. The quantitative estimate of drug-likeness (QED) is 0.631. The number of nitrogens with zero attached hydrogens (tertiary/aromatic N) is 1. The van der Waals surface area contributed by atoms with Gasteiger partial charge >= 0.3 is 0 Å². The van der Waals surface area contributed by atoms with Crippen molar-refractivity contribution < 1.29 is 4.79 Å². The molecule has 0 saturated heterocycles. The van der Waals surface area contributed by atoms with Crippen LogP contribution in [0.3, 0.4) is 0 Å². The van der Waals surface area contributed by atoms with Gasteiger partial charge in [-0.05, 0) is 19.8 Å². The lowest BCUT2D eigenvalue weighted by Gasteiger charge is -1.88. The second kappa shape index (κ2) is 2.41. The van der Waals surface area contributed by atoms with Crippen molar-refractivity contribution in [3.63, 3.8) is 0 Å². The van der Waals surface area contributed by atoms with Crippen LogP contribution in [0.2, 0.25) is 0 Å². The summed E-state index contributed by atoms with van der Waals surface area (Å²) in [5, 5.41) is 2.84. The van der Waals surface area contributed by atoms with E-state index < -0.39 is 0 Å². The second-order valence-electron chi connectivity index (χ2n) is 2.89. The molecule has 0 amide bonds. The van der Waals surface area contributed by atoms with E-state index in [1.807, 2.05) is 12.3 Å². The lowest BCUT2D eigenvalue weighted by Crippen LogP contribution is -2.00. The highest BCUT2D eigenvalue weighted by molar-refractivity contribution is 7.09. The van der Waals surface area contributed by atoms with Crippen LogP contribution in [0.5, 0.6) is 0 Å². The van der Waals surface area contributed by atoms with E-state index in [2.05, 4.69) is 4.98 Å². The van der Waals surface area contributed by atoms with Gasteiger partial charge in [0, 0.05) is 11.3 Å². The van der Waals surface area contributed by atoms with E-state index in [4.69, 9.17) is 0 Å². The van der Waals surface area contributed by atoms with Gasteiger partial charge in [0.05, 0.1) is 5.01 Å². The van der Waals surface area contributed by atoms with Crippen molar-refractivity contribution in [3.8, 4) is 0 Å². The van der Waals surface area contributed by atoms with Gasteiger partial charge in [-0.2, -0.15) is 0 Å². The summed E-state index contributed by atoms with van der Waals surface area (Å²) in [6.45, 7) is 1.92. The zero-order valence-electron chi connectivity index (χ0n) is 6.33. The Kier molecular flexibility index (Phi) is 1.53. The molecular formula is C8H9NOS. The molecule has 1 aromatic rings. The minimum absolute atomic E-state index is 0.245. The molecule has 2 rings (SSSR count). The number of carbonyl (C=O) groups excluding carboxylic acids is 1. The van der Waals surface area contributed by atoms with Crippen molar-refractivity contribution in [2.45, 2.75) is 19.8 Å². The molecule has 1 fully saturated rings. The fraction of sp³-hybridized carbons (Fsp3) is 0.500. The third-order valence-electron chi connectivity index (χ3n) is 1.82. The number of ketones is 1. The summed E-state index contributed by atoms with van der Waals surface area (Å²) in [6, 6.07) is 0. The average Bonchev–Trinajstić information content (AvgIpc) is 2.74. The standard InChI is InChI=1S/C8H9NOS/c1-5-9-7(4-11-5)8(10)6-2-3-6/h4,6H,2-3H2,1H3. The van der Waals surface area contributed by atoms with Crippen LogP contribution in [0, 0.1) is 12.8 Å². The Bertz CT molecular complexity index is 288. The molecule has 1 aliphatic rings. The van der Waals surface area contributed by atoms with E-state index in [1.54, 1.807) is 11.3 Å². The van der Waals surface area contributed by atoms with Crippen LogP contribution in [0.15, 0.2) is 5.38 Å². The minimum atomic E-state index is 0.245. The normalized spacial score (nSPS) is 16.8. The SMILES string of the molecule is Cc1nc(C(=O)C2CC2)cs1. The molecular weight excluding hydrogens is 158 g/mol. The molecule has 2 nitrogen and oxygen atoms in total. The maximum Gasteiger partial charge on any atom is 0.185 e. The number of hydrogen-bond acceptors (Lipinski definition) is 3. The van der Waals surface area contributed by atoms with Gasteiger partial charge in [-0.3, -0.25) is 4.79 Å². The number of aromatic nitrogens is 1. The van der Waals surface area contributed by atoms with Crippen LogP contribution in [-0.2, 0) is 0 Å². The third kappa shape index (κ3) is 1.33. The molecule has 0 N–H and O–H groups in total. The Hall–Kier alpha value is -0.700. The molecule has 3 heteroatoms. The van der Waals surface area contributed by atoms with Gasteiger partial charge in [0.1, 0.15) is 5.69 Å². The number of Topliss-reactive ketones (excluding diaryl/α,β-unsaturated/α-hetero) is 1. The molecule has 0 aliphatic heterocycles. The highest BCUT2D eigenvalue weighted by atomic mass is 32.1. The summed E-state index contributed by atoms with van der Waals surface area (Å²) in [6.07, 6.45) is 2.13. The third-order valence-corrected chi connectivity index (χ3v) is 2.59. The van der Waals surface area contributed by atoms with Gasteiger partial charge in [-0.25, -0.2) is 4.98 Å². The first-order valence-corrected chi connectivity index (χ1v) is 4.61. The first-order chi connectivity index (χ1) is 5.27. The zero-order chi connectivity index (χ0) is 7.84. The van der Waals surface area contributed by atoms with Crippen LogP contribution in [0.25, 0.3) is 0 Å². The minimum Gasteiger partial charge on any atom is -0.292 e. The van der Waals surface area contributed by atoms with E-state index in [1.165, 1.54) is 0 Å². The molecule has 1 heterocycles. The number of hydrogen-bond donors (Lipinski definition) is 0. The Morgan fingerprint density at radius 3 is 2.91 bits per heavy atom. The predicted molar refractivity (Wildman–Crippen MR) is 43.9 cm³/mol. The zero-order valence-corrected chi connectivity index (χ0v) is 7.15. The van der Waals surface area contributed by atoms with E-state index >= 15 is 0 Å². The lowest BCUT2D eigenvalue weighted by molar-refractivity contribution is 0.0963. The number of aryl methyl sites for hydroxylation is 1. The average molecular weight is 167 g/mol. The van der Waals surface area contributed by atoms with E-state index in [0.29, 0.717) is 11.6 Å². The topological polar surface area (TPSA) is 30.0 Å². The Balaban J connectivity index is 2.21. The number of rotatable bonds is 2. The molecule has 11 heavy (non-hydrogen) atoms. The Morgan fingerprint density at radius 2 is 2.45 bits per heavy atom. The summed E-state index contributed by atoms with van der Waals surface area (Å²) in [7, 11) is 0. The second-order valence-corrected chi connectivity index (χ2v) is 3.95. The van der Waals surface area contributed by atoms with Crippen LogP contribution in [-0.4, -0.2) is 10.8 Å². The van der Waals surface area contributed by atoms with Gasteiger partial charge in [0.25, 0.3) is 0 Å². The fourth-order valence-electron chi connectivity index (χ4n) is 1.03. The van der Waals surface area contributed by atoms with Gasteiger partial charge in [0.2, 0.25) is 0 Å². The van der Waals surface area contributed by atoms with Crippen LogP contribution < -0.4 is 0 Å². The fourth-order valence-corrected chi connectivity index (χ4v) is 1.63. The summed E-state index contributed by atoms with van der Waals surface area (Å²) < 4.78 is 0. The maximum atomic E-state index is 11.4. The van der Waals surface area contributed by atoms with Crippen molar-refractivity contribution in [3.05, 3.63) is 16.1 Å². The largest absolute Gasteiger partial charge is 0.292 e. The van der Waals surface area contributed by atoms with Crippen molar-refractivity contribution in [1.82, 2.24) is 4.98 Å². The first-order valence-electron chi connectivity index (χ1n) is 3.74. The molecule has 1 saturated carbocycles. The van der Waals surface area contributed by atoms with Crippen LogP contribution in [0.4, 0.5) is 0 Å². The summed E-state index contributed by atoms with van der Waals surface area (Å²) in [5.41, 5.74) is 0.676. The van der Waals surface area contributed by atoms with Crippen molar-refractivity contribution in [2.75, 3.05) is 0 Å². The smallest absolute Gasteiger partial charge is 0.185 e. The highest BCUT2D eigenvalue weighted by Crippen LogP contribution is 2.32. The van der Waals surface area contributed by atoms with Crippen LogP contribution in [0.1, 0.15) is 28.3 Å². The van der Waals surface area contributed by atoms with Crippen molar-refractivity contribution in [2.24, 2.45) is 5.92 Å². The van der Waals surface area contributed by atoms with E-state index in [9.17, 15) is 4.79 Å². The van der Waals surface area contributed by atoms with Crippen molar-refractivity contribution in [1.29, 1.82) is 0 Å². The monoisotopic (exact) mass is 167 g/mol. The number of thiazole rings is 1. The summed E-state index contributed by atoms with van der Waals surface area (Å²) in [5.74, 6) is 0.547. The summed E-state index contributed by atoms with van der Waals surface area (Å²) >= 11 is 1.55. The lowest BCUT2D eigenvalue weighted by atomic mass is 10.2. The van der Waals surface area contributed by atoms with Gasteiger partial charge in [-0.1, -0.05) is 0 Å². The van der Waals surface area contributed by atoms with Crippen molar-refractivity contribution >= 4 is 17.1 Å². The molecule has 0 atom stereocenters. The van der Waals surface area contributed by atoms with Gasteiger partial charge in [0.15, 0.2) is 5.78 Å². The molecule has 0 unspecified atom stereocenters. The molecule has 58 valence electrons. The van der Waals surface area contributed by atoms with E-state index in [0.717, 1.165) is 17.8 Å².